The molecule has 2 aliphatic heterocycles. The molecule has 1 fully saturated rings. The minimum atomic E-state index is -1.02. The van der Waals surface area contributed by atoms with Gasteiger partial charge in [-0.1, -0.05) is 60.4 Å². The predicted molar refractivity (Wildman–Crippen MR) is 124 cm³/mol. The number of Topliss-reactive ketones (excluding diaryl/α,β-unsaturated/α-hetero) is 1. The van der Waals surface area contributed by atoms with E-state index in [0.717, 1.165) is 27.8 Å². The lowest BCUT2D eigenvalue weighted by Gasteiger charge is -2.10. The van der Waals surface area contributed by atoms with E-state index in [2.05, 4.69) is 12.1 Å². The van der Waals surface area contributed by atoms with Crippen molar-refractivity contribution in [3.63, 3.8) is 0 Å². The first-order valence-corrected chi connectivity index (χ1v) is 10.6. The van der Waals surface area contributed by atoms with Crippen molar-refractivity contribution in [2.24, 2.45) is 5.92 Å². The Labute approximate surface area is 183 Å². The Kier molecular flexibility index (Phi) is 5.49. The lowest BCUT2D eigenvalue weighted by atomic mass is 10.0. The molecule has 2 aliphatic rings. The fourth-order valence-electron chi connectivity index (χ4n) is 3.46. The van der Waals surface area contributed by atoms with Crippen molar-refractivity contribution in [2.45, 2.75) is 13.3 Å². The van der Waals surface area contributed by atoms with Crippen LogP contribution in [0.25, 0.3) is 10.8 Å². The highest BCUT2D eigenvalue weighted by Crippen LogP contribution is 2.43. The number of ketones is 1. The number of benzene rings is 2. The Morgan fingerprint density at radius 2 is 2.07 bits per heavy atom. The number of carboxylic acid groups (broad SMARTS) is 1. The van der Waals surface area contributed by atoms with E-state index >= 15 is 0 Å². The molecule has 4 rings (SSSR count). The van der Waals surface area contributed by atoms with Crippen LogP contribution in [0.3, 0.4) is 0 Å². The number of aliphatic carboxylic acids is 1. The molecule has 1 atom stereocenters. The summed E-state index contributed by atoms with van der Waals surface area (Å²) in [5.41, 5.74) is 1.84. The zero-order valence-electron chi connectivity index (χ0n) is 16.4. The van der Waals surface area contributed by atoms with Crippen LogP contribution in [0.2, 0.25) is 0 Å². The molecule has 0 bridgehead atoms. The summed E-state index contributed by atoms with van der Waals surface area (Å²) < 4.78 is 6.53. The highest BCUT2D eigenvalue weighted by Gasteiger charge is 2.36. The van der Waals surface area contributed by atoms with Gasteiger partial charge < -0.3 is 14.7 Å². The molecule has 2 heterocycles. The number of thiocarbonyl (C=S) groups is 1. The van der Waals surface area contributed by atoms with Crippen molar-refractivity contribution >= 4 is 56.4 Å². The van der Waals surface area contributed by atoms with Gasteiger partial charge in [-0.2, -0.15) is 0 Å². The normalized spacial score (nSPS) is 21.6. The monoisotopic (exact) mass is 437 g/mol. The number of allylic oxidation sites excluding steroid dienone is 5. The number of carboxylic acids is 1. The van der Waals surface area contributed by atoms with E-state index in [-0.39, 0.29) is 12.2 Å². The van der Waals surface area contributed by atoms with Crippen LogP contribution in [0.5, 0.6) is 5.75 Å². The molecule has 0 saturated carbocycles. The Hall–Kier alpha value is -2.90. The third-order valence-corrected chi connectivity index (χ3v) is 6.60. The van der Waals surface area contributed by atoms with Crippen molar-refractivity contribution in [2.75, 3.05) is 11.9 Å². The average Bonchev–Trinajstić information content (AvgIpc) is 3.17. The smallest absolute Gasteiger partial charge is 0.304 e. The number of anilines is 1. The summed E-state index contributed by atoms with van der Waals surface area (Å²) in [7, 11) is 1.94. The van der Waals surface area contributed by atoms with Gasteiger partial charge in [0.1, 0.15) is 0 Å². The van der Waals surface area contributed by atoms with E-state index in [1.165, 1.54) is 11.8 Å². The second kappa shape index (κ2) is 8.08. The number of carbonyl (C=O) groups is 2. The average molecular weight is 438 g/mol. The van der Waals surface area contributed by atoms with E-state index in [1.54, 1.807) is 6.08 Å². The van der Waals surface area contributed by atoms with Gasteiger partial charge in [0.2, 0.25) is 0 Å². The SMILES string of the molecule is CC(=C\C=C1/Oc2c(ccc3ccccc23)N1C)/C=C1/SC(=S)C(CC(=O)O)C1=O. The molecule has 7 heteroatoms. The molecule has 0 aromatic heterocycles. The molecule has 2 aromatic carbocycles. The Bertz CT molecular complexity index is 1180. The maximum absolute atomic E-state index is 12.5. The predicted octanol–water partition coefficient (Wildman–Crippen LogP) is 5.07. The molecule has 0 radical (unpaired) electrons. The maximum atomic E-state index is 12.5. The van der Waals surface area contributed by atoms with Crippen molar-refractivity contribution < 1.29 is 19.4 Å². The number of fused-ring (bicyclic) bond motifs is 3. The summed E-state index contributed by atoms with van der Waals surface area (Å²) in [4.78, 5) is 25.9. The quantitative estimate of drug-likeness (QED) is 0.529. The molecule has 1 saturated heterocycles. The zero-order chi connectivity index (χ0) is 21.4. The van der Waals surface area contributed by atoms with Crippen LogP contribution in [0.4, 0.5) is 5.69 Å². The number of ether oxygens (including phenoxy) is 1. The summed E-state index contributed by atoms with van der Waals surface area (Å²) in [6, 6.07) is 12.2. The molecule has 0 amide bonds. The van der Waals surface area contributed by atoms with E-state index in [1.807, 2.05) is 55.3 Å². The molecule has 0 spiro atoms. The summed E-state index contributed by atoms with van der Waals surface area (Å²) >= 11 is 6.37. The van der Waals surface area contributed by atoms with Gasteiger partial charge in [0.05, 0.1) is 27.1 Å². The van der Waals surface area contributed by atoms with Gasteiger partial charge in [-0.3, -0.25) is 9.59 Å². The van der Waals surface area contributed by atoms with E-state index < -0.39 is 11.9 Å². The number of hydrogen-bond donors (Lipinski definition) is 1. The Balaban J connectivity index is 1.56. The zero-order valence-corrected chi connectivity index (χ0v) is 18.0. The van der Waals surface area contributed by atoms with Crippen LogP contribution < -0.4 is 9.64 Å². The first-order chi connectivity index (χ1) is 14.3. The van der Waals surface area contributed by atoms with Crippen LogP contribution in [-0.2, 0) is 9.59 Å². The summed E-state index contributed by atoms with van der Waals surface area (Å²) in [5, 5.41) is 11.1. The molecule has 1 unspecified atom stereocenters. The summed E-state index contributed by atoms with van der Waals surface area (Å²) in [6.07, 6.45) is 5.21. The number of nitrogens with zero attached hydrogens (tertiary/aromatic N) is 1. The van der Waals surface area contributed by atoms with Crippen LogP contribution in [0.15, 0.2) is 71.0 Å². The van der Waals surface area contributed by atoms with Gasteiger partial charge in [-0.15, -0.1) is 0 Å². The lowest BCUT2D eigenvalue weighted by Crippen LogP contribution is -2.17. The highest BCUT2D eigenvalue weighted by molar-refractivity contribution is 8.27. The molecule has 30 heavy (non-hydrogen) atoms. The van der Waals surface area contributed by atoms with Gasteiger partial charge in [0.15, 0.2) is 17.4 Å². The van der Waals surface area contributed by atoms with Crippen molar-refractivity contribution in [3.05, 3.63) is 71.0 Å². The summed E-state index contributed by atoms with van der Waals surface area (Å²) in [6.45, 7) is 1.88. The summed E-state index contributed by atoms with van der Waals surface area (Å²) in [5.74, 6) is -0.464. The van der Waals surface area contributed by atoms with Gasteiger partial charge in [0, 0.05) is 12.4 Å². The lowest BCUT2D eigenvalue weighted by molar-refractivity contribution is -0.139. The van der Waals surface area contributed by atoms with Gasteiger partial charge in [0.25, 0.3) is 0 Å². The van der Waals surface area contributed by atoms with E-state index in [4.69, 9.17) is 22.1 Å². The molecule has 2 aromatic rings. The van der Waals surface area contributed by atoms with Crippen LogP contribution in [-0.4, -0.2) is 28.1 Å². The van der Waals surface area contributed by atoms with E-state index in [0.29, 0.717) is 15.0 Å². The number of thioether (sulfide) groups is 1. The van der Waals surface area contributed by atoms with Crippen LogP contribution in [0.1, 0.15) is 13.3 Å². The van der Waals surface area contributed by atoms with E-state index in [9.17, 15) is 9.59 Å². The largest absolute Gasteiger partial charge is 0.481 e. The second-order valence-electron chi connectivity index (χ2n) is 7.16. The van der Waals surface area contributed by atoms with Crippen LogP contribution in [0, 0.1) is 5.92 Å². The van der Waals surface area contributed by atoms with Crippen LogP contribution >= 0.6 is 24.0 Å². The molecular formula is C23H19NO4S2. The fourth-order valence-corrected chi connectivity index (χ4v) is 4.95. The maximum Gasteiger partial charge on any atom is 0.304 e. The minimum Gasteiger partial charge on any atom is -0.481 e. The number of hydrogen-bond acceptors (Lipinski definition) is 6. The van der Waals surface area contributed by atoms with Gasteiger partial charge >= 0.3 is 5.97 Å². The van der Waals surface area contributed by atoms with Gasteiger partial charge in [-0.25, -0.2) is 0 Å². The first-order valence-electron chi connectivity index (χ1n) is 9.36. The topological polar surface area (TPSA) is 66.8 Å². The van der Waals surface area contributed by atoms with Crippen molar-refractivity contribution in [1.29, 1.82) is 0 Å². The first kappa shape index (κ1) is 20.4. The second-order valence-corrected chi connectivity index (χ2v) is 8.94. The standard InChI is InChI=1S/C23H19NO4S2/c1-13(11-18-21(27)16(12-20(25)26)23(29)30-18)7-10-19-24(2)17-9-8-14-5-3-4-6-15(14)22(17)28-19/h3-11,16H,12H2,1-2H3,(H,25,26)/b13-7+,18-11+,19-10-. The molecular weight excluding hydrogens is 418 g/mol. The Morgan fingerprint density at radius 3 is 2.83 bits per heavy atom. The molecule has 152 valence electrons. The molecule has 5 nitrogen and oxygen atoms in total. The molecule has 0 aliphatic carbocycles. The molecule has 1 N–H and O–H groups in total. The fraction of sp³-hybridized carbons (Fsp3) is 0.174. The minimum absolute atomic E-state index is 0.221. The number of carbonyl (C=O) groups excluding carboxylic acids is 1. The Morgan fingerprint density at radius 1 is 1.30 bits per heavy atom. The third kappa shape index (κ3) is 3.78. The van der Waals surface area contributed by atoms with Crippen molar-refractivity contribution in [3.8, 4) is 5.75 Å². The highest BCUT2D eigenvalue weighted by atomic mass is 32.2. The van der Waals surface area contributed by atoms with Gasteiger partial charge in [-0.05, 0) is 36.1 Å². The number of rotatable bonds is 4. The van der Waals surface area contributed by atoms with Crippen molar-refractivity contribution in [1.82, 2.24) is 0 Å². The third-order valence-electron chi connectivity index (χ3n) is 5.04.